The van der Waals surface area contributed by atoms with Crippen molar-refractivity contribution in [3.63, 3.8) is 0 Å². The molecule has 7 nitrogen and oxygen atoms in total. The molecule has 0 bridgehead atoms. The fourth-order valence-corrected chi connectivity index (χ4v) is 3.22. The van der Waals surface area contributed by atoms with Crippen LogP contribution in [0.3, 0.4) is 0 Å². The lowest BCUT2D eigenvalue weighted by Crippen LogP contribution is -2.37. The molecule has 1 amide bonds. The number of carbonyl (C=O) groups excluding carboxylic acids is 1. The van der Waals surface area contributed by atoms with E-state index in [9.17, 15) is 14.0 Å². The SMILES string of the molecule is O=C(CCn1cnccc1=O)N1CCc2nnc(-c3ccc(F)cc3)cc2C1. The van der Waals surface area contributed by atoms with E-state index in [2.05, 4.69) is 15.2 Å². The molecule has 0 radical (unpaired) electrons. The third-order valence-corrected chi connectivity index (χ3v) is 4.79. The van der Waals surface area contributed by atoms with E-state index in [1.807, 2.05) is 6.07 Å². The lowest BCUT2D eigenvalue weighted by atomic mass is 10.0. The maximum absolute atomic E-state index is 13.1. The first-order valence-corrected chi connectivity index (χ1v) is 9.00. The molecule has 0 atom stereocenters. The number of nitrogens with zero attached hydrogens (tertiary/aromatic N) is 5. The summed E-state index contributed by atoms with van der Waals surface area (Å²) in [6, 6.07) is 9.35. The van der Waals surface area contributed by atoms with Gasteiger partial charge in [-0.05, 0) is 35.9 Å². The second kappa shape index (κ2) is 7.67. The number of fused-ring (bicyclic) bond motifs is 1. The molecule has 0 unspecified atom stereocenters. The van der Waals surface area contributed by atoms with E-state index >= 15 is 0 Å². The van der Waals surface area contributed by atoms with E-state index in [0.717, 1.165) is 16.8 Å². The molecule has 4 rings (SSSR count). The van der Waals surface area contributed by atoms with Crippen molar-refractivity contribution < 1.29 is 9.18 Å². The van der Waals surface area contributed by atoms with Gasteiger partial charge >= 0.3 is 0 Å². The van der Waals surface area contributed by atoms with Crippen molar-refractivity contribution >= 4 is 5.91 Å². The number of aromatic nitrogens is 4. The van der Waals surface area contributed by atoms with Gasteiger partial charge in [0.2, 0.25) is 5.91 Å². The number of hydrogen-bond donors (Lipinski definition) is 0. The van der Waals surface area contributed by atoms with E-state index < -0.39 is 0 Å². The molecule has 3 aromatic rings. The average Bonchev–Trinajstić information content (AvgIpc) is 2.72. The first-order chi connectivity index (χ1) is 13.6. The van der Waals surface area contributed by atoms with E-state index in [1.165, 1.54) is 35.3 Å². The Morgan fingerprint density at radius 1 is 1.14 bits per heavy atom. The predicted octanol–water partition coefficient (Wildman–Crippen LogP) is 1.81. The van der Waals surface area contributed by atoms with E-state index in [4.69, 9.17) is 0 Å². The van der Waals surface area contributed by atoms with Gasteiger partial charge < -0.3 is 4.90 Å². The molecule has 1 aliphatic heterocycles. The normalized spacial score (nSPS) is 13.2. The molecule has 0 fully saturated rings. The van der Waals surface area contributed by atoms with Crippen LogP contribution in [0.5, 0.6) is 0 Å². The molecule has 0 aliphatic carbocycles. The minimum atomic E-state index is -0.306. The number of aryl methyl sites for hydroxylation is 1. The topological polar surface area (TPSA) is 81.0 Å². The molecule has 142 valence electrons. The molecule has 0 spiro atoms. The number of benzene rings is 1. The van der Waals surface area contributed by atoms with Gasteiger partial charge in [0.05, 0.1) is 17.7 Å². The van der Waals surface area contributed by atoms with Crippen LogP contribution in [0, 0.1) is 5.82 Å². The molecule has 0 saturated carbocycles. The Kier molecular flexibility index (Phi) is 4.92. The lowest BCUT2D eigenvalue weighted by Gasteiger charge is -2.28. The van der Waals surface area contributed by atoms with Gasteiger partial charge in [-0.25, -0.2) is 9.37 Å². The van der Waals surface area contributed by atoms with Crippen molar-refractivity contribution in [1.29, 1.82) is 0 Å². The zero-order valence-electron chi connectivity index (χ0n) is 15.1. The lowest BCUT2D eigenvalue weighted by molar-refractivity contribution is -0.132. The molecule has 28 heavy (non-hydrogen) atoms. The van der Waals surface area contributed by atoms with Crippen molar-refractivity contribution in [1.82, 2.24) is 24.6 Å². The minimum absolute atomic E-state index is 0.0263. The first-order valence-electron chi connectivity index (χ1n) is 9.00. The zero-order chi connectivity index (χ0) is 19.5. The molecule has 0 saturated heterocycles. The van der Waals surface area contributed by atoms with Crippen LogP contribution in [0.2, 0.25) is 0 Å². The minimum Gasteiger partial charge on any atom is -0.338 e. The zero-order valence-corrected chi connectivity index (χ0v) is 15.1. The Bertz CT molecular complexity index is 1060. The van der Waals surface area contributed by atoms with Crippen molar-refractivity contribution in [3.8, 4) is 11.3 Å². The quantitative estimate of drug-likeness (QED) is 0.691. The summed E-state index contributed by atoms with van der Waals surface area (Å²) in [5.41, 5.74) is 3.06. The van der Waals surface area contributed by atoms with E-state index in [0.29, 0.717) is 31.7 Å². The Labute approximate surface area is 160 Å². The second-order valence-corrected chi connectivity index (χ2v) is 6.64. The number of rotatable bonds is 4. The van der Waals surface area contributed by atoms with Gasteiger partial charge in [-0.15, -0.1) is 0 Å². The molecular formula is C20H18FN5O2. The van der Waals surface area contributed by atoms with Crippen LogP contribution in [0.4, 0.5) is 4.39 Å². The van der Waals surface area contributed by atoms with Crippen LogP contribution >= 0.6 is 0 Å². The summed E-state index contributed by atoms with van der Waals surface area (Å²) < 4.78 is 14.6. The van der Waals surface area contributed by atoms with Crippen LogP contribution in [-0.2, 0) is 24.3 Å². The van der Waals surface area contributed by atoms with Crippen LogP contribution in [0.25, 0.3) is 11.3 Å². The first kappa shape index (κ1) is 18.0. The Hall–Kier alpha value is -3.42. The maximum atomic E-state index is 13.1. The van der Waals surface area contributed by atoms with Crippen LogP contribution in [-0.4, -0.2) is 37.1 Å². The fraction of sp³-hybridized carbons (Fsp3) is 0.250. The molecule has 1 aromatic carbocycles. The highest BCUT2D eigenvalue weighted by atomic mass is 19.1. The van der Waals surface area contributed by atoms with Gasteiger partial charge in [0, 0.05) is 50.3 Å². The largest absolute Gasteiger partial charge is 0.338 e. The van der Waals surface area contributed by atoms with E-state index in [1.54, 1.807) is 17.0 Å². The Balaban J connectivity index is 1.46. The summed E-state index contributed by atoms with van der Waals surface area (Å²) in [5.74, 6) is -0.333. The molecule has 1 aliphatic rings. The van der Waals surface area contributed by atoms with Crippen LogP contribution in [0.15, 0.2) is 53.7 Å². The molecular weight excluding hydrogens is 361 g/mol. The summed E-state index contributed by atoms with van der Waals surface area (Å²) in [7, 11) is 0. The Morgan fingerprint density at radius 2 is 1.96 bits per heavy atom. The molecule has 2 aromatic heterocycles. The smallest absolute Gasteiger partial charge is 0.253 e. The van der Waals surface area contributed by atoms with Crippen molar-refractivity contribution in [2.45, 2.75) is 25.9 Å². The fourth-order valence-electron chi connectivity index (χ4n) is 3.22. The van der Waals surface area contributed by atoms with Gasteiger partial charge in [-0.3, -0.25) is 14.2 Å². The van der Waals surface area contributed by atoms with Gasteiger partial charge in [0.25, 0.3) is 5.56 Å². The van der Waals surface area contributed by atoms with Gasteiger partial charge in [-0.1, -0.05) is 0 Å². The molecule has 0 N–H and O–H groups in total. The van der Waals surface area contributed by atoms with Crippen molar-refractivity contribution in [2.24, 2.45) is 0 Å². The average molecular weight is 379 g/mol. The predicted molar refractivity (Wildman–Crippen MR) is 99.7 cm³/mol. The summed E-state index contributed by atoms with van der Waals surface area (Å²) in [6.45, 7) is 1.31. The van der Waals surface area contributed by atoms with Crippen molar-refractivity contribution in [3.05, 3.63) is 76.4 Å². The van der Waals surface area contributed by atoms with E-state index in [-0.39, 0.29) is 23.7 Å². The highest BCUT2D eigenvalue weighted by molar-refractivity contribution is 5.76. The van der Waals surface area contributed by atoms with Crippen LogP contribution in [0.1, 0.15) is 17.7 Å². The number of amides is 1. The van der Waals surface area contributed by atoms with Gasteiger partial charge in [0.1, 0.15) is 5.82 Å². The number of halogens is 1. The summed E-state index contributed by atoms with van der Waals surface area (Å²) >= 11 is 0. The Morgan fingerprint density at radius 3 is 2.75 bits per heavy atom. The maximum Gasteiger partial charge on any atom is 0.253 e. The standard InChI is InChI=1S/C20H18FN5O2/c21-16-3-1-14(2-4-16)18-11-15-12-25(9-6-17(15)23-24-18)20(28)7-10-26-13-22-8-5-19(26)27/h1-5,8,11,13H,6-7,9-10,12H2. The molecule has 3 heterocycles. The number of hydrogen-bond acceptors (Lipinski definition) is 5. The highest BCUT2D eigenvalue weighted by Gasteiger charge is 2.22. The van der Waals surface area contributed by atoms with Crippen molar-refractivity contribution in [2.75, 3.05) is 6.54 Å². The third kappa shape index (κ3) is 3.80. The summed E-state index contributed by atoms with van der Waals surface area (Å²) in [4.78, 5) is 30.0. The molecule has 8 heteroatoms. The summed E-state index contributed by atoms with van der Waals surface area (Å²) in [5, 5.41) is 8.51. The highest BCUT2D eigenvalue weighted by Crippen LogP contribution is 2.23. The monoisotopic (exact) mass is 379 g/mol. The number of carbonyl (C=O) groups is 1. The van der Waals surface area contributed by atoms with Gasteiger partial charge in [0.15, 0.2) is 0 Å². The third-order valence-electron chi connectivity index (χ3n) is 4.79. The second-order valence-electron chi connectivity index (χ2n) is 6.64. The summed E-state index contributed by atoms with van der Waals surface area (Å²) in [6.07, 6.45) is 3.72. The van der Waals surface area contributed by atoms with Gasteiger partial charge in [-0.2, -0.15) is 10.2 Å². The van der Waals surface area contributed by atoms with Crippen LogP contribution < -0.4 is 5.56 Å².